The fourth-order valence-electron chi connectivity index (χ4n) is 3.34. The van der Waals surface area contributed by atoms with Crippen LogP contribution < -0.4 is 0 Å². The van der Waals surface area contributed by atoms with Gasteiger partial charge in [0.25, 0.3) is 0 Å². The molecule has 132 valence electrons. The number of fused-ring (bicyclic) bond motifs is 1. The van der Waals surface area contributed by atoms with E-state index in [1.807, 2.05) is 30.3 Å². The Morgan fingerprint density at radius 3 is 1.75 bits per heavy atom. The van der Waals surface area contributed by atoms with Crippen LogP contribution in [0.15, 0.2) is 103 Å². The van der Waals surface area contributed by atoms with E-state index in [-0.39, 0.29) is 0 Å². The molecule has 0 aliphatic rings. The minimum atomic E-state index is 0.680. The quantitative estimate of drug-likeness (QED) is 0.395. The van der Waals surface area contributed by atoms with E-state index in [1.165, 1.54) is 21.9 Å². The Hall–Kier alpha value is -3.85. The molecule has 1 heterocycles. The first-order valence-corrected chi connectivity index (χ1v) is 9.21. The molecule has 3 heteroatoms. The highest BCUT2D eigenvalue weighted by molar-refractivity contribution is 5.87. The zero-order chi connectivity index (χ0) is 18.8. The molecule has 28 heavy (non-hydrogen) atoms. The third-order valence-corrected chi connectivity index (χ3v) is 4.83. The summed E-state index contributed by atoms with van der Waals surface area (Å²) >= 11 is 0. The molecule has 1 aromatic heterocycles. The number of nitrogens with zero attached hydrogens (tertiary/aromatic N) is 3. The minimum absolute atomic E-state index is 0.680. The molecule has 0 unspecified atom stereocenters. The van der Waals surface area contributed by atoms with Crippen molar-refractivity contribution in [2.75, 3.05) is 0 Å². The van der Waals surface area contributed by atoms with Crippen molar-refractivity contribution in [2.24, 2.45) is 0 Å². The van der Waals surface area contributed by atoms with Gasteiger partial charge in [-0.2, -0.15) is 0 Å². The van der Waals surface area contributed by atoms with Crippen molar-refractivity contribution < 1.29 is 0 Å². The fraction of sp³-hybridized carbons (Fsp3) is 0. The molecule has 0 atom stereocenters. The van der Waals surface area contributed by atoms with Crippen molar-refractivity contribution in [1.29, 1.82) is 0 Å². The lowest BCUT2D eigenvalue weighted by Gasteiger charge is -2.06. The Kier molecular flexibility index (Phi) is 4.11. The van der Waals surface area contributed by atoms with Gasteiger partial charge in [0.15, 0.2) is 11.6 Å². The van der Waals surface area contributed by atoms with E-state index in [9.17, 15) is 0 Å². The van der Waals surface area contributed by atoms with Gasteiger partial charge in [-0.15, -0.1) is 0 Å². The first kappa shape index (κ1) is 16.3. The van der Waals surface area contributed by atoms with Gasteiger partial charge in [-0.1, -0.05) is 91.0 Å². The second kappa shape index (κ2) is 7.05. The molecule has 0 spiro atoms. The first-order chi connectivity index (χ1) is 13.9. The maximum atomic E-state index is 4.63. The molecule has 0 saturated carbocycles. The second-order valence-electron chi connectivity index (χ2n) is 6.64. The van der Waals surface area contributed by atoms with Crippen LogP contribution in [0, 0.1) is 0 Å². The second-order valence-corrected chi connectivity index (χ2v) is 6.64. The van der Waals surface area contributed by atoms with Gasteiger partial charge in [0.05, 0.1) is 0 Å². The summed E-state index contributed by atoms with van der Waals surface area (Å²) in [4.78, 5) is 13.3. The molecule has 0 N–H and O–H groups in total. The van der Waals surface area contributed by atoms with E-state index in [4.69, 9.17) is 0 Å². The Bertz CT molecular complexity index is 1250. The third kappa shape index (κ3) is 3.14. The maximum Gasteiger partial charge on any atom is 0.163 e. The Balaban J connectivity index is 1.48. The molecule has 0 radical (unpaired) electrons. The van der Waals surface area contributed by atoms with Gasteiger partial charge in [-0.25, -0.2) is 15.0 Å². The normalized spacial score (nSPS) is 10.9. The highest BCUT2D eigenvalue weighted by Gasteiger charge is 2.07. The summed E-state index contributed by atoms with van der Waals surface area (Å²) < 4.78 is 0. The molecule has 5 aromatic rings. The van der Waals surface area contributed by atoms with Gasteiger partial charge in [0.2, 0.25) is 0 Å². The number of rotatable bonds is 3. The highest BCUT2D eigenvalue weighted by atomic mass is 15.0. The minimum Gasteiger partial charge on any atom is -0.217 e. The molecule has 3 nitrogen and oxygen atoms in total. The standard InChI is InChI=1S/C25H17N3/c1-2-7-20(8-3-1)24-26-17-27-25(28-24)21-13-10-19(11-14-21)23-15-12-18-6-4-5-9-22(18)16-23/h1-17H. The number of benzene rings is 4. The van der Waals surface area contributed by atoms with Crippen LogP contribution in [0.1, 0.15) is 0 Å². The monoisotopic (exact) mass is 359 g/mol. The summed E-state index contributed by atoms with van der Waals surface area (Å²) in [7, 11) is 0. The fourth-order valence-corrected chi connectivity index (χ4v) is 3.34. The van der Waals surface area contributed by atoms with E-state index < -0.39 is 0 Å². The maximum absolute atomic E-state index is 4.63. The van der Waals surface area contributed by atoms with E-state index in [0.717, 1.165) is 11.1 Å². The van der Waals surface area contributed by atoms with Crippen LogP contribution in [0.2, 0.25) is 0 Å². The lowest BCUT2D eigenvalue weighted by Crippen LogP contribution is -1.95. The third-order valence-electron chi connectivity index (χ3n) is 4.83. The van der Waals surface area contributed by atoms with Crippen LogP contribution in [0.25, 0.3) is 44.7 Å². The highest BCUT2D eigenvalue weighted by Crippen LogP contribution is 2.27. The zero-order valence-electron chi connectivity index (χ0n) is 15.2. The molecule has 4 aromatic carbocycles. The van der Waals surface area contributed by atoms with Crippen LogP contribution in [0.3, 0.4) is 0 Å². The first-order valence-electron chi connectivity index (χ1n) is 9.21. The predicted molar refractivity (Wildman–Crippen MR) is 114 cm³/mol. The zero-order valence-corrected chi connectivity index (χ0v) is 15.2. The van der Waals surface area contributed by atoms with Crippen molar-refractivity contribution in [3.8, 4) is 33.9 Å². The van der Waals surface area contributed by atoms with Crippen LogP contribution in [0.5, 0.6) is 0 Å². The number of aromatic nitrogens is 3. The van der Waals surface area contributed by atoms with Gasteiger partial charge < -0.3 is 0 Å². The molecular weight excluding hydrogens is 342 g/mol. The molecular formula is C25H17N3. The summed E-state index contributed by atoms with van der Waals surface area (Å²) in [6.07, 6.45) is 1.57. The Morgan fingerprint density at radius 2 is 1.00 bits per heavy atom. The van der Waals surface area contributed by atoms with E-state index >= 15 is 0 Å². The molecule has 5 rings (SSSR count). The van der Waals surface area contributed by atoms with Crippen LogP contribution in [0.4, 0.5) is 0 Å². The number of hydrogen-bond acceptors (Lipinski definition) is 3. The lowest BCUT2D eigenvalue weighted by atomic mass is 10.0. The van der Waals surface area contributed by atoms with Crippen LogP contribution >= 0.6 is 0 Å². The van der Waals surface area contributed by atoms with Gasteiger partial charge in [-0.3, -0.25) is 0 Å². The van der Waals surface area contributed by atoms with E-state index in [0.29, 0.717) is 11.6 Å². The van der Waals surface area contributed by atoms with Crippen molar-refractivity contribution in [2.45, 2.75) is 0 Å². The predicted octanol–water partition coefficient (Wildman–Crippen LogP) is 6.03. The van der Waals surface area contributed by atoms with Gasteiger partial charge >= 0.3 is 0 Å². The van der Waals surface area contributed by atoms with Gasteiger partial charge in [-0.05, 0) is 28.0 Å². The smallest absolute Gasteiger partial charge is 0.163 e. The average Bonchev–Trinajstić information content (AvgIpc) is 2.79. The lowest BCUT2D eigenvalue weighted by molar-refractivity contribution is 1.07. The van der Waals surface area contributed by atoms with Gasteiger partial charge in [0.1, 0.15) is 6.33 Å². The summed E-state index contributed by atoms with van der Waals surface area (Å²) in [6, 6.07) is 33.3. The van der Waals surface area contributed by atoms with Crippen LogP contribution in [-0.4, -0.2) is 15.0 Å². The number of hydrogen-bond donors (Lipinski definition) is 0. The summed E-state index contributed by atoms with van der Waals surface area (Å²) in [6.45, 7) is 0. The van der Waals surface area contributed by atoms with Crippen molar-refractivity contribution >= 4 is 10.8 Å². The van der Waals surface area contributed by atoms with E-state index in [1.54, 1.807) is 6.33 Å². The Morgan fingerprint density at radius 1 is 0.429 bits per heavy atom. The SMILES string of the molecule is c1ccc(-c2ncnc(-c3ccc(-c4ccc5ccccc5c4)cc3)n2)cc1. The van der Waals surface area contributed by atoms with Crippen LogP contribution in [-0.2, 0) is 0 Å². The largest absolute Gasteiger partial charge is 0.217 e. The summed E-state index contributed by atoms with van der Waals surface area (Å²) in [5.41, 5.74) is 4.33. The average molecular weight is 359 g/mol. The van der Waals surface area contributed by atoms with Crippen molar-refractivity contribution in [3.05, 3.63) is 103 Å². The topological polar surface area (TPSA) is 38.7 Å². The molecule has 0 aliphatic heterocycles. The summed E-state index contributed by atoms with van der Waals surface area (Å²) in [5.74, 6) is 1.36. The molecule has 0 saturated heterocycles. The van der Waals surface area contributed by atoms with Gasteiger partial charge in [0, 0.05) is 11.1 Å². The molecule has 0 fully saturated rings. The van der Waals surface area contributed by atoms with Crippen molar-refractivity contribution in [1.82, 2.24) is 15.0 Å². The molecule has 0 aliphatic carbocycles. The molecule has 0 bridgehead atoms. The summed E-state index contributed by atoms with van der Waals surface area (Å²) in [5, 5.41) is 2.50. The van der Waals surface area contributed by atoms with Crippen molar-refractivity contribution in [3.63, 3.8) is 0 Å². The Labute approximate surface area is 163 Å². The van der Waals surface area contributed by atoms with E-state index in [2.05, 4.69) is 81.7 Å². The molecule has 0 amide bonds.